The minimum atomic E-state index is 0. The third-order valence-electron chi connectivity index (χ3n) is 3.82. The van der Waals surface area contributed by atoms with Crippen LogP contribution in [-0.2, 0) is 6.54 Å². The molecule has 0 aliphatic rings. The summed E-state index contributed by atoms with van der Waals surface area (Å²) in [5.41, 5.74) is 4.96. The number of hydrogen-bond donors (Lipinski definition) is 1. The minimum absolute atomic E-state index is 0. The highest BCUT2D eigenvalue weighted by molar-refractivity contribution is 5.90. The fraction of sp³-hybridized carbons (Fsp3) is 0.263. The molecule has 0 amide bonds. The number of para-hydroxylation sites is 1. The van der Waals surface area contributed by atoms with E-state index in [0.29, 0.717) is 0 Å². The van der Waals surface area contributed by atoms with Crippen LogP contribution in [0.5, 0.6) is 5.75 Å². The Balaban J connectivity index is 0.00000192. The first-order chi connectivity index (χ1) is 10.5. The number of rotatable bonds is 4. The van der Waals surface area contributed by atoms with Gasteiger partial charge in [-0.15, -0.1) is 0 Å². The molecule has 3 rings (SSSR count). The molecule has 23 heavy (non-hydrogen) atoms. The van der Waals surface area contributed by atoms with Crippen LogP contribution in [0.25, 0.3) is 22.2 Å². The molecule has 3 nitrogen and oxygen atoms in total. The van der Waals surface area contributed by atoms with E-state index in [1.54, 1.807) is 7.11 Å². The second-order valence-corrected chi connectivity index (χ2v) is 6.70. The lowest BCUT2D eigenvalue weighted by atomic mass is 10.0. The number of fused-ring (bicyclic) bond motifs is 1. The highest BCUT2D eigenvalue weighted by Gasteiger charge is 2.19. The van der Waals surface area contributed by atoms with Crippen molar-refractivity contribution in [1.29, 1.82) is 0 Å². The predicted molar refractivity (Wildman–Crippen MR) is 92.0 cm³/mol. The molecule has 0 saturated carbocycles. The number of benzene rings is 2. The first-order valence-electron chi connectivity index (χ1n) is 7.52. The third kappa shape index (κ3) is 3.87. The topological polar surface area (TPSA) is 25.0 Å². The van der Waals surface area contributed by atoms with Crippen molar-refractivity contribution in [1.82, 2.24) is 4.98 Å². The molecule has 0 saturated heterocycles. The molecule has 122 valence electrons. The van der Waals surface area contributed by atoms with Crippen LogP contribution in [-0.4, -0.2) is 37.7 Å². The SMILES string of the molecule is COc1ccc(-c2[nH]c3ccccc3c2C[N+](C)(C)C)cc1.[I-]. The van der Waals surface area contributed by atoms with Crippen LogP contribution >= 0.6 is 0 Å². The van der Waals surface area contributed by atoms with Gasteiger partial charge in [0.15, 0.2) is 0 Å². The Bertz CT molecular complexity index is 785. The Kier molecular flexibility index (Phi) is 5.37. The number of aromatic amines is 1. The minimum Gasteiger partial charge on any atom is -1.00 e. The highest BCUT2D eigenvalue weighted by atomic mass is 127. The average molecular weight is 422 g/mol. The van der Waals surface area contributed by atoms with Crippen molar-refractivity contribution in [2.24, 2.45) is 0 Å². The molecule has 0 atom stereocenters. The van der Waals surface area contributed by atoms with Gasteiger partial charge in [0.2, 0.25) is 0 Å². The fourth-order valence-electron chi connectivity index (χ4n) is 2.84. The highest BCUT2D eigenvalue weighted by Crippen LogP contribution is 2.32. The first kappa shape index (κ1) is 17.8. The van der Waals surface area contributed by atoms with Gasteiger partial charge < -0.3 is 38.2 Å². The van der Waals surface area contributed by atoms with Crippen LogP contribution in [0.3, 0.4) is 0 Å². The van der Waals surface area contributed by atoms with Gasteiger partial charge in [0.05, 0.1) is 33.9 Å². The normalized spacial score (nSPS) is 11.3. The lowest BCUT2D eigenvalue weighted by molar-refractivity contribution is -0.883. The molecule has 2 aromatic carbocycles. The van der Waals surface area contributed by atoms with E-state index in [9.17, 15) is 0 Å². The maximum absolute atomic E-state index is 5.26. The molecule has 0 fully saturated rings. The Hall–Kier alpha value is -1.53. The number of nitrogens with one attached hydrogen (secondary N) is 1. The van der Waals surface area contributed by atoms with E-state index in [1.807, 2.05) is 12.1 Å². The van der Waals surface area contributed by atoms with Crippen LogP contribution in [0.15, 0.2) is 48.5 Å². The van der Waals surface area contributed by atoms with Crippen molar-refractivity contribution in [3.8, 4) is 17.0 Å². The molecule has 0 bridgehead atoms. The summed E-state index contributed by atoms with van der Waals surface area (Å²) in [6.07, 6.45) is 0. The van der Waals surface area contributed by atoms with Crippen LogP contribution in [0, 0.1) is 0 Å². The van der Waals surface area contributed by atoms with Crippen molar-refractivity contribution in [2.45, 2.75) is 6.54 Å². The largest absolute Gasteiger partial charge is 1.00 e. The first-order valence-corrected chi connectivity index (χ1v) is 7.52. The number of halogens is 1. The van der Waals surface area contributed by atoms with Gasteiger partial charge in [-0.1, -0.05) is 18.2 Å². The maximum Gasteiger partial charge on any atom is 0.118 e. The zero-order valence-electron chi connectivity index (χ0n) is 14.1. The average Bonchev–Trinajstić information content (AvgIpc) is 2.84. The lowest BCUT2D eigenvalue weighted by Gasteiger charge is -2.24. The molecule has 3 aromatic rings. The van der Waals surface area contributed by atoms with Gasteiger partial charge in [-0.2, -0.15) is 0 Å². The number of hydrogen-bond acceptors (Lipinski definition) is 1. The quantitative estimate of drug-likeness (QED) is 0.494. The predicted octanol–water partition coefficient (Wildman–Crippen LogP) is 1.05. The summed E-state index contributed by atoms with van der Waals surface area (Å²) in [4.78, 5) is 3.59. The number of methoxy groups -OCH3 is 1. The van der Waals surface area contributed by atoms with Crippen LogP contribution in [0.2, 0.25) is 0 Å². The van der Waals surface area contributed by atoms with Crippen molar-refractivity contribution < 1.29 is 33.2 Å². The molecule has 4 heteroatoms. The molecule has 0 spiro atoms. The second-order valence-electron chi connectivity index (χ2n) is 6.70. The van der Waals surface area contributed by atoms with Crippen LogP contribution < -0.4 is 28.7 Å². The number of aromatic nitrogens is 1. The van der Waals surface area contributed by atoms with Crippen LogP contribution in [0.1, 0.15) is 5.56 Å². The summed E-state index contributed by atoms with van der Waals surface area (Å²) in [5, 5.41) is 1.31. The molecule has 1 aromatic heterocycles. The molecule has 0 aliphatic heterocycles. The Morgan fingerprint density at radius 1 is 0.957 bits per heavy atom. The lowest BCUT2D eigenvalue weighted by Crippen LogP contribution is -3.00. The maximum atomic E-state index is 5.26. The number of ether oxygens (including phenoxy) is 1. The van der Waals surface area contributed by atoms with Crippen LogP contribution in [0.4, 0.5) is 0 Å². The van der Waals surface area contributed by atoms with Gasteiger partial charge in [-0.05, 0) is 35.9 Å². The second kappa shape index (κ2) is 6.93. The van der Waals surface area contributed by atoms with Crippen molar-refractivity contribution in [3.05, 3.63) is 54.1 Å². The number of quaternary nitrogens is 1. The Morgan fingerprint density at radius 2 is 1.61 bits per heavy atom. The van der Waals surface area contributed by atoms with E-state index in [-0.39, 0.29) is 24.0 Å². The summed E-state index contributed by atoms with van der Waals surface area (Å²) >= 11 is 0. The molecular weight excluding hydrogens is 399 g/mol. The standard InChI is InChI=1S/C19H23N2O.HI/c1-21(2,3)13-17-16-7-5-6-8-18(16)20-19(17)14-9-11-15(22-4)12-10-14;/h5-12,20H,13H2,1-4H3;1H/q+1;/p-1. The monoisotopic (exact) mass is 422 g/mol. The van der Waals surface area contributed by atoms with E-state index >= 15 is 0 Å². The summed E-state index contributed by atoms with van der Waals surface area (Å²) in [6.45, 7) is 0.978. The van der Waals surface area contributed by atoms with Gasteiger partial charge in [0.1, 0.15) is 12.3 Å². The Labute approximate surface area is 154 Å². The number of nitrogens with zero attached hydrogens (tertiary/aromatic N) is 1. The molecular formula is C19H23IN2O. The molecule has 0 radical (unpaired) electrons. The van der Waals surface area contributed by atoms with Gasteiger partial charge in [-0.3, -0.25) is 0 Å². The van der Waals surface area contributed by atoms with Crippen molar-refractivity contribution >= 4 is 10.9 Å². The molecule has 1 N–H and O–H groups in total. The van der Waals surface area contributed by atoms with Gasteiger partial charge in [0.25, 0.3) is 0 Å². The van der Waals surface area contributed by atoms with Crippen molar-refractivity contribution in [2.75, 3.05) is 28.3 Å². The molecule has 0 aliphatic carbocycles. The summed E-state index contributed by atoms with van der Waals surface area (Å²) in [6, 6.07) is 16.8. The Morgan fingerprint density at radius 3 is 2.22 bits per heavy atom. The van der Waals surface area contributed by atoms with E-state index in [2.05, 4.69) is 62.5 Å². The molecule has 1 heterocycles. The zero-order valence-corrected chi connectivity index (χ0v) is 16.2. The van der Waals surface area contributed by atoms with E-state index in [4.69, 9.17) is 4.74 Å². The molecule has 0 unspecified atom stereocenters. The number of H-pyrrole nitrogens is 1. The van der Waals surface area contributed by atoms with Gasteiger partial charge in [-0.25, -0.2) is 0 Å². The zero-order chi connectivity index (χ0) is 15.7. The smallest absolute Gasteiger partial charge is 0.118 e. The van der Waals surface area contributed by atoms with Crippen molar-refractivity contribution in [3.63, 3.8) is 0 Å². The summed E-state index contributed by atoms with van der Waals surface area (Å²) < 4.78 is 6.16. The summed E-state index contributed by atoms with van der Waals surface area (Å²) in [7, 11) is 8.36. The van der Waals surface area contributed by atoms with E-state index < -0.39 is 0 Å². The van der Waals surface area contributed by atoms with Gasteiger partial charge in [0, 0.05) is 16.5 Å². The fourth-order valence-corrected chi connectivity index (χ4v) is 2.84. The van der Waals surface area contributed by atoms with Gasteiger partial charge >= 0.3 is 0 Å². The summed E-state index contributed by atoms with van der Waals surface area (Å²) in [5.74, 6) is 0.882. The van der Waals surface area contributed by atoms with E-state index in [1.165, 1.54) is 27.7 Å². The third-order valence-corrected chi connectivity index (χ3v) is 3.82. The van der Waals surface area contributed by atoms with E-state index in [0.717, 1.165) is 16.8 Å².